The highest BCUT2D eigenvalue weighted by molar-refractivity contribution is 7.98. The molecule has 5 rings (SSSR count). The fraction of sp³-hybridized carbons (Fsp3) is 0.286. The van der Waals surface area contributed by atoms with Crippen molar-refractivity contribution >= 4 is 39.8 Å². The molecule has 34 heavy (non-hydrogen) atoms. The quantitative estimate of drug-likeness (QED) is 0.299. The van der Waals surface area contributed by atoms with E-state index in [1.807, 2.05) is 23.6 Å². The van der Waals surface area contributed by atoms with Crippen LogP contribution in [0, 0.1) is 5.92 Å². The van der Waals surface area contributed by atoms with Crippen LogP contribution in [-0.2, 0) is 12.3 Å². The first-order valence-corrected chi connectivity index (χ1v) is 13.7. The Morgan fingerprint density at radius 3 is 2.79 bits per heavy atom. The Kier molecular flexibility index (Phi) is 7.59. The lowest BCUT2D eigenvalue weighted by Gasteiger charge is -2.33. The number of thioether (sulfide) groups is 1. The number of hydrogen-bond acceptors (Lipinski definition) is 5. The molecule has 1 aromatic heterocycles. The number of nitrogens with one attached hydrogen (secondary N) is 1. The second kappa shape index (κ2) is 11.2. The van der Waals surface area contributed by atoms with E-state index in [2.05, 4.69) is 69.8 Å². The molecule has 1 amide bonds. The van der Waals surface area contributed by atoms with Crippen LogP contribution in [-0.4, -0.2) is 35.4 Å². The summed E-state index contributed by atoms with van der Waals surface area (Å²) in [6.45, 7) is 3.79. The number of nitrogens with zero attached hydrogens (tertiary/aromatic N) is 2. The summed E-state index contributed by atoms with van der Waals surface area (Å²) in [5, 5.41) is 8.64. The van der Waals surface area contributed by atoms with E-state index < -0.39 is 0 Å². The number of piperidine rings is 1. The van der Waals surface area contributed by atoms with E-state index in [4.69, 9.17) is 0 Å². The van der Waals surface area contributed by atoms with Gasteiger partial charge in [-0.05, 0) is 53.8 Å². The normalized spacial score (nSPS) is 16.5. The molecule has 6 heteroatoms. The zero-order chi connectivity index (χ0) is 23.2. The van der Waals surface area contributed by atoms with Gasteiger partial charge >= 0.3 is 0 Å². The molecule has 3 aromatic carbocycles. The summed E-state index contributed by atoms with van der Waals surface area (Å²) < 4.78 is 0. The number of thiazole rings is 1. The van der Waals surface area contributed by atoms with Crippen LogP contribution >= 0.6 is 23.1 Å². The highest BCUT2D eigenvalue weighted by Crippen LogP contribution is 2.25. The van der Waals surface area contributed by atoms with E-state index in [-0.39, 0.29) is 5.91 Å². The van der Waals surface area contributed by atoms with Gasteiger partial charge in [0.2, 0.25) is 0 Å². The van der Waals surface area contributed by atoms with Gasteiger partial charge in [-0.25, -0.2) is 4.98 Å². The Hall–Kier alpha value is -2.67. The number of aromatic nitrogens is 1. The van der Waals surface area contributed by atoms with Crippen molar-refractivity contribution in [1.29, 1.82) is 0 Å². The molecule has 4 aromatic rings. The van der Waals surface area contributed by atoms with Gasteiger partial charge < -0.3 is 5.32 Å². The monoisotopic (exact) mass is 487 g/mol. The van der Waals surface area contributed by atoms with Gasteiger partial charge in [0, 0.05) is 29.9 Å². The van der Waals surface area contributed by atoms with Crippen molar-refractivity contribution in [1.82, 2.24) is 15.2 Å². The van der Waals surface area contributed by atoms with Gasteiger partial charge in [0.25, 0.3) is 5.91 Å². The van der Waals surface area contributed by atoms with E-state index in [1.54, 1.807) is 23.1 Å². The van der Waals surface area contributed by atoms with Crippen molar-refractivity contribution in [2.24, 2.45) is 5.92 Å². The summed E-state index contributed by atoms with van der Waals surface area (Å²) in [7, 11) is 0. The van der Waals surface area contributed by atoms with Crippen molar-refractivity contribution < 1.29 is 4.79 Å². The molecule has 1 N–H and O–H groups in total. The Bertz CT molecular complexity index is 1240. The number of amides is 1. The second-order valence-electron chi connectivity index (χ2n) is 8.82. The molecule has 1 saturated heterocycles. The molecule has 0 radical (unpaired) electrons. The Balaban J connectivity index is 1.12. The third-order valence-electron chi connectivity index (χ3n) is 6.32. The van der Waals surface area contributed by atoms with E-state index in [9.17, 15) is 4.79 Å². The average Bonchev–Trinajstić information content (AvgIpc) is 3.36. The summed E-state index contributed by atoms with van der Waals surface area (Å²) in [4.78, 5) is 21.0. The summed E-state index contributed by atoms with van der Waals surface area (Å²) in [5.41, 5.74) is 1.92. The standard InChI is InChI=1S/C28H29N3OS2/c32-28(26-19-34-27(30-26)20-33-24-12-2-1-3-13-24)29-16-21-8-7-15-31(17-21)18-23-11-6-10-22-9-4-5-14-25(22)23/h1-6,9-14,19,21H,7-8,15-18,20H2,(H,29,32)/t21-/m0/s1. The first-order chi connectivity index (χ1) is 16.7. The number of benzene rings is 3. The smallest absolute Gasteiger partial charge is 0.270 e. The van der Waals surface area contributed by atoms with E-state index in [0.29, 0.717) is 18.2 Å². The first-order valence-electron chi connectivity index (χ1n) is 11.8. The Labute approximate surface area is 209 Å². The van der Waals surface area contributed by atoms with Crippen LogP contribution in [0.1, 0.15) is 33.9 Å². The Morgan fingerprint density at radius 1 is 1.06 bits per heavy atom. The van der Waals surface area contributed by atoms with Crippen LogP contribution in [0.2, 0.25) is 0 Å². The van der Waals surface area contributed by atoms with Gasteiger partial charge in [-0.1, -0.05) is 60.7 Å². The van der Waals surface area contributed by atoms with E-state index in [1.165, 1.54) is 27.7 Å². The van der Waals surface area contributed by atoms with Crippen LogP contribution in [0.15, 0.2) is 83.1 Å². The zero-order valence-corrected chi connectivity index (χ0v) is 20.8. The first kappa shape index (κ1) is 23.1. The molecule has 1 atom stereocenters. The summed E-state index contributed by atoms with van der Waals surface area (Å²) in [6.07, 6.45) is 2.32. The summed E-state index contributed by atoms with van der Waals surface area (Å²) in [5.74, 6) is 1.20. The number of carbonyl (C=O) groups excluding carboxylic acids is 1. The molecule has 0 bridgehead atoms. The molecule has 0 aliphatic carbocycles. The number of hydrogen-bond donors (Lipinski definition) is 1. The number of fused-ring (bicyclic) bond motifs is 1. The van der Waals surface area contributed by atoms with Crippen molar-refractivity contribution in [3.63, 3.8) is 0 Å². The lowest BCUT2D eigenvalue weighted by Crippen LogP contribution is -2.40. The second-order valence-corrected chi connectivity index (χ2v) is 10.8. The SMILES string of the molecule is O=C(NC[C@@H]1CCCN(Cc2cccc3ccccc23)C1)c1csc(CSc2ccccc2)n1. The fourth-order valence-corrected chi connectivity index (χ4v) is 6.32. The predicted molar refractivity (Wildman–Crippen MR) is 142 cm³/mol. The van der Waals surface area contributed by atoms with Crippen LogP contribution in [0.5, 0.6) is 0 Å². The summed E-state index contributed by atoms with van der Waals surface area (Å²) in [6, 6.07) is 25.5. The van der Waals surface area contributed by atoms with Gasteiger partial charge in [0.1, 0.15) is 10.7 Å². The molecular formula is C28H29N3OS2. The summed E-state index contributed by atoms with van der Waals surface area (Å²) >= 11 is 3.31. The van der Waals surface area contributed by atoms with E-state index >= 15 is 0 Å². The highest BCUT2D eigenvalue weighted by atomic mass is 32.2. The maximum Gasteiger partial charge on any atom is 0.270 e. The number of likely N-dealkylation sites (tertiary alicyclic amines) is 1. The van der Waals surface area contributed by atoms with E-state index in [0.717, 1.165) is 36.8 Å². The third-order valence-corrected chi connectivity index (χ3v) is 8.37. The maximum atomic E-state index is 12.7. The minimum Gasteiger partial charge on any atom is -0.350 e. The van der Waals surface area contributed by atoms with Crippen molar-refractivity contribution in [3.05, 3.63) is 94.4 Å². The largest absolute Gasteiger partial charge is 0.350 e. The molecule has 0 saturated carbocycles. The van der Waals surface area contributed by atoms with Crippen molar-refractivity contribution in [2.45, 2.75) is 30.0 Å². The number of rotatable bonds is 8. The minimum absolute atomic E-state index is 0.0570. The van der Waals surface area contributed by atoms with Crippen LogP contribution in [0.4, 0.5) is 0 Å². The maximum absolute atomic E-state index is 12.7. The predicted octanol–water partition coefficient (Wildman–Crippen LogP) is 6.23. The molecule has 1 aliphatic heterocycles. The van der Waals surface area contributed by atoms with Crippen molar-refractivity contribution in [3.8, 4) is 0 Å². The van der Waals surface area contributed by atoms with Gasteiger partial charge in [0.15, 0.2) is 0 Å². The van der Waals surface area contributed by atoms with Gasteiger partial charge in [0.05, 0.1) is 5.75 Å². The third kappa shape index (κ3) is 5.87. The number of carbonyl (C=O) groups is 1. The van der Waals surface area contributed by atoms with Gasteiger partial charge in [-0.2, -0.15) is 0 Å². The van der Waals surface area contributed by atoms with Crippen LogP contribution in [0.25, 0.3) is 10.8 Å². The molecule has 0 spiro atoms. The lowest BCUT2D eigenvalue weighted by atomic mass is 9.96. The van der Waals surface area contributed by atoms with Gasteiger partial charge in [-0.3, -0.25) is 9.69 Å². The van der Waals surface area contributed by atoms with Gasteiger partial charge in [-0.15, -0.1) is 23.1 Å². The molecule has 4 nitrogen and oxygen atoms in total. The van der Waals surface area contributed by atoms with Crippen LogP contribution in [0.3, 0.4) is 0 Å². The fourth-order valence-electron chi connectivity index (χ4n) is 4.60. The lowest BCUT2D eigenvalue weighted by molar-refractivity contribution is 0.0926. The molecule has 174 valence electrons. The Morgan fingerprint density at radius 2 is 1.88 bits per heavy atom. The molecule has 2 heterocycles. The highest BCUT2D eigenvalue weighted by Gasteiger charge is 2.22. The molecule has 0 unspecified atom stereocenters. The zero-order valence-electron chi connectivity index (χ0n) is 19.2. The van der Waals surface area contributed by atoms with Crippen molar-refractivity contribution in [2.75, 3.05) is 19.6 Å². The molecule has 1 aliphatic rings. The minimum atomic E-state index is -0.0570. The topological polar surface area (TPSA) is 45.2 Å². The average molecular weight is 488 g/mol. The molecular weight excluding hydrogens is 458 g/mol. The molecule has 1 fully saturated rings. The van der Waals surface area contributed by atoms with Crippen LogP contribution < -0.4 is 5.32 Å².